The highest BCUT2D eigenvalue weighted by atomic mass is 16.2. The SMILES string of the molecule is CCCN(CCC)CC(=O)Nc1cc(C)ccc1C. The van der Waals surface area contributed by atoms with Crippen molar-refractivity contribution in [3.05, 3.63) is 29.3 Å². The van der Waals surface area contributed by atoms with Gasteiger partial charge in [0.1, 0.15) is 0 Å². The number of rotatable bonds is 7. The molecule has 0 saturated heterocycles. The molecule has 1 N–H and O–H groups in total. The minimum absolute atomic E-state index is 0.0793. The van der Waals surface area contributed by atoms with Crippen LogP contribution in [0.15, 0.2) is 18.2 Å². The Labute approximate surface area is 117 Å². The monoisotopic (exact) mass is 262 g/mol. The predicted molar refractivity (Wildman–Crippen MR) is 81.6 cm³/mol. The number of nitrogens with one attached hydrogen (secondary N) is 1. The number of amides is 1. The molecule has 0 saturated carbocycles. The van der Waals surface area contributed by atoms with E-state index in [2.05, 4.69) is 30.1 Å². The summed E-state index contributed by atoms with van der Waals surface area (Å²) in [6.07, 6.45) is 2.16. The summed E-state index contributed by atoms with van der Waals surface area (Å²) in [5, 5.41) is 3.02. The molecule has 3 nitrogen and oxygen atoms in total. The molecular formula is C16H26N2O. The topological polar surface area (TPSA) is 32.3 Å². The molecule has 0 aliphatic rings. The van der Waals surface area contributed by atoms with Gasteiger partial charge in [0.25, 0.3) is 0 Å². The van der Waals surface area contributed by atoms with Gasteiger partial charge in [0.2, 0.25) is 5.91 Å². The van der Waals surface area contributed by atoms with E-state index in [0.29, 0.717) is 6.54 Å². The van der Waals surface area contributed by atoms with Crippen LogP contribution in [-0.2, 0) is 4.79 Å². The van der Waals surface area contributed by atoms with E-state index in [0.717, 1.165) is 37.2 Å². The van der Waals surface area contributed by atoms with Crippen molar-refractivity contribution in [3.8, 4) is 0 Å². The lowest BCUT2D eigenvalue weighted by Gasteiger charge is -2.20. The molecule has 1 rings (SSSR count). The second kappa shape index (κ2) is 7.95. The van der Waals surface area contributed by atoms with Crippen molar-refractivity contribution in [2.45, 2.75) is 40.5 Å². The zero-order valence-corrected chi connectivity index (χ0v) is 12.6. The first-order valence-electron chi connectivity index (χ1n) is 7.16. The molecule has 0 aliphatic carbocycles. The Bertz CT molecular complexity index is 409. The van der Waals surface area contributed by atoms with Gasteiger partial charge in [-0.05, 0) is 57.0 Å². The lowest BCUT2D eigenvalue weighted by Crippen LogP contribution is -2.34. The molecule has 1 aromatic rings. The Kier molecular flexibility index (Phi) is 6.57. The molecule has 3 heteroatoms. The molecule has 0 aromatic heterocycles. The molecule has 0 spiro atoms. The Morgan fingerprint density at radius 1 is 1.16 bits per heavy atom. The maximum absolute atomic E-state index is 12.1. The smallest absolute Gasteiger partial charge is 0.238 e. The second-order valence-corrected chi connectivity index (χ2v) is 5.14. The lowest BCUT2D eigenvalue weighted by atomic mass is 10.1. The summed E-state index contributed by atoms with van der Waals surface area (Å²) < 4.78 is 0. The zero-order valence-electron chi connectivity index (χ0n) is 12.6. The second-order valence-electron chi connectivity index (χ2n) is 5.14. The van der Waals surface area contributed by atoms with Crippen molar-refractivity contribution in [1.29, 1.82) is 0 Å². The van der Waals surface area contributed by atoms with E-state index in [1.54, 1.807) is 0 Å². The summed E-state index contributed by atoms with van der Waals surface area (Å²) in [5.41, 5.74) is 3.20. The van der Waals surface area contributed by atoms with Crippen LogP contribution < -0.4 is 5.32 Å². The molecule has 0 aliphatic heterocycles. The number of aryl methyl sites for hydroxylation is 2. The molecule has 19 heavy (non-hydrogen) atoms. The van der Waals surface area contributed by atoms with Gasteiger partial charge in [-0.2, -0.15) is 0 Å². The summed E-state index contributed by atoms with van der Waals surface area (Å²) in [5.74, 6) is 0.0793. The normalized spacial score (nSPS) is 10.8. The fraction of sp³-hybridized carbons (Fsp3) is 0.562. The minimum atomic E-state index is 0.0793. The van der Waals surface area contributed by atoms with Crippen LogP contribution in [0.3, 0.4) is 0 Å². The van der Waals surface area contributed by atoms with E-state index < -0.39 is 0 Å². The predicted octanol–water partition coefficient (Wildman–Crippen LogP) is 3.36. The number of hydrogen-bond donors (Lipinski definition) is 1. The van der Waals surface area contributed by atoms with E-state index in [1.165, 1.54) is 5.56 Å². The van der Waals surface area contributed by atoms with Crippen molar-refractivity contribution in [2.75, 3.05) is 25.0 Å². The first-order valence-corrected chi connectivity index (χ1v) is 7.16. The average molecular weight is 262 g/mol. The molecule has 0 bridgehead atoms. The molecule has 106 valence electrons. The Morgan fingerprint density at radius 2 is 1.79 bits per heavy atom. The van der Waals surface area contributed by atoms with Gasteiger partial charge in [-0.3, -0.25) is 9.69 Å². The number of carbonyl (C=O) groups excluding carboxylic acids is 1. The summed E-state index contributed by atoms with van der Waals surface area (Å²) in [6.45, 7) is 10.8. The van der Waals surface area contributed by atoms with Crippen LogP contribution in [0.4, 0.5) is 5.69 Å². The van der Waals surface area contributed by atoms with Crippen LogP contribution in [0.25, 0.3) is 0 Å². The standard InChI is InChI=1S/C16H26N2O/c1-5-9-18(10-6-2)12-16(19)17-15-11-13(3)7-8-14(15)4/h7-8,11H,5-6,9-10,12H2,1-4H3,(H,17,19). The van der Waals surface area contributed by atoms with Crippen molar-refractivity contribution < 1.29 is 4.79 Å². The molecule has 0 radical (unpaired) electrons. The minimum Gasteiger partial charge on any atom is -0.325 e. The molecule has 1 amide bonds. The third-order valence-electron chi connectivity index (χ3n) is 3.11. The molecular weight excluding hydrogens is 236 g/mol. The van der Waals surface area contributed by atoms with Crippen molar-refractivity contribution in [3.63, 3.8) is 0 Å². The van der Waals surface area contributed by atoms with Gasteiger partial charge in [-0.25, -0.2) is 0 Å². The number of anilines is 1. The number of benzene rings is 1. The van der Waals surface area contributed by atoms with Gasteiger partial charge in [0.15, 0.2) is 0 Å². The summed E-state index contributed by atoms with van der Waals surface area (Å²) in [7, 11) is 0. The Hall–Kier alpha value is -1.35. The largest absolute Gasteiger partial charge is 0.325 e. The highest BCUT2D eigenvalue weighted by Crippen LogP contribution is 2.16. The highest BCUT2D eigenvalue weighted by molar-refractivity contribution is 5.93. The summed E-state index contributed by atoms with van der Waals surface area (Å²) in [6, 6.07) is 6.13. The van der Waals surface area contributed by atoms with Crippen molar-refractivity contribution in [1.82, 2.24) is 4.90 Å². The molecule has 0 unspecified atom stereocenters. The van der Waals surface area contributed by atoms with E-state index in [9.17, 15) is 4.79 Å². The highest BCUT2D eigenvalue weighted by Gasteiger charge is 2.10. The third-order valence-corrected chi connectivity index (χ3v) is 3.11. The van der Waals surface area contributed by atoms with E-state index in [4.69, 9.17) is 0 Å². The molecule has 1 aromatic carbocycles. The zero-order chi connectivity index (χ0) is 14.3. The third kappa shape index (κ3) is 5.43. The fourth-order valence-electron chi connectivity index (χ4n) is 2.17. The van der Waals surface area contributed by atoms with Crippen LogP contribution >= 0.6 is 0 Å². The maximum atomic E-state index is 12.1. The first-order chi connectivity index (χ1) is 9.06. The van der Waals surface area contributed by atoms with Gasteiger partial charge in [-0.1, -0.05) is 26.0 Å². The van der Waals surface area contributed by atoms with Crippen LogP contribution in [0.1, 0.15) is 37.8 Å². The van der Waals surface area contributed by atoms with Gasteiger partial charge < -0.3 is 5.32 Å². The average Bonchev–Trinajstić information content (AvgIpc) is 2.34. The van der Waals surface area contributed by atoms with Gasteiger partial charge in [0, 0.05) is 5.69 Å². The van der Waals surface area contributed by atoms with Crippen LogP contribution in [0, 0.1) is 13.8 Å². The van der Waals surface area contributed by atoms with E-state index in [-0.39, 0.29) is 5.91 Å². The number of nitrogens with zero attached hydrogens (tertiary/aromatic N) is 1. The number of hydrogen-bond acceptors (Lipinski definition) is 2. The molecule has 0 fully saturated rings. The Morgan fingerprint density at radius 3 is 2.37 bits per heavy atom. The maximum Gasteiger partial charge on any atom is 0.238 e. The fourth-order valence-corrected chi connectivity index (χ4v) is 2.17. The molecule has 0 atom stereocenters. The lowest BCUT2D eigenvalue weighted by molar-refractivity contribution is -0.117. The van der Waals surface area contributed by atoms with Gasteiger partial charge in [0.05, 0.1) is 6.54 Å². The quantitative estimate of drug-likeness (QED) is 0.817. The van der Waals surface area contributed by atoms with Crippen LogP contribution in [-0.4, -0.2) is 30.4 Å². The molecule has 0 heterocycles. The number of carbonyl (C=O) groups is 1. The van der Waals surface area contributed by atoms with Gasteiger partial charge >= 0.3 is 0 Å². The summed E-state index contributed by atoms with van der Waals surface area (Å²) in [4.78, 5) is 14.3. The van der Waals surface area contributed by atoms with E-state index in [1.807, 2.05) is 26.0 Å². The van der Waals surface area contributed by atoms with Crippen molar-refractivity contribution in [2.24, 2.45) is 0 Å². The van der Waals surface area contributed by atoms with Crippen LogP contribution in [0.5, 0.6) is 0 Å². The van der Waals surface area contributed by atoms with Gasteiger partial charge in [-0.15, -0.1) is 0 Å². The van der Waals surface area contributed by atoms with Crippen LogP contribution in [0.2, 0.25) is 0 Å². The first kappa shape index (κ1) is 15.7. The van der Waals surface area contributed by atoms with Crippen molar-refractivity contribution >= 4 is 11.6 Å². The summed E-state index contributed by atoms with van der Waals surface area (Å²) >= 11 is 0. The Balaban J connectivity index is 2.60. The van der Waals surface area contributed by atoms with E-state index >= 15 is 0 Å².